The standard InChI is InChI=1S/C10H8N4O2/c15-14-6-9(11-13-14)8-5-7-3-1-2-4-10(7)16-12-8/h1-4,6,14H,5H2. The third kappa shape index (κ3) is 1.50. The van der Waals surface area contributed by atoms with E-state index in [9.17, 15) is 5.21 Å². The largest absolute Gasteiger partial charge is 0.600 e. The highest BCUT2D eigenvalue weighted by Crippen LogP contribution is 2.24. The van der Waals surface area contributed by atoms with Gasteiger partial charge in [-0.05, 0) is 6.07 Å². The third-order valence-corrected chi connectivity index (χ3v) is 2.40. The molecule has 1 atom stereocenters. The molecule has 6 nitrogen and oxygen atoms in total. The first kappa shape index (κ1) is 9.20. The Labute approximate surface area is 91.1 Å². The van der Waals surface area contributed by atoms with Gasteiger partial charge in [0.25, 0.3) is 0 Å². The number of hydroxylamine groups is 1. The van der Waals surface area contributed by atoms with Crippen LogP contribution in [-0.4, -0.2) is 5.71 Å². The fourth-order valence-electron chi connectivity index (χ4n) is 1.61. The van der Waals surface area contributed by atoms with Gasteiger partial charge in [-0.1, -0.05) is 28.5 Å². The van der Waals surface area contributed by atoms with Crippen molar-refractivity contribution < 1.29 is 10.0 Å². The van der Waals surface area contributed by atoms with Crippen molar-refractivity contribution in [1.29, 1.82) is 0 Å². The van der Waals surface area contributed by atoms with Crippen molar-refractivity contribution in [2.24, 2.45) is 15.5 Å². The normalized spacial score (nSPS) is 22.2. The molecule has 2 heterocycles. The molecular formula is C10H8N4O2. The fourth-order valence-corrected chi connectivity index (χ4v) is 1.61. The number of rotatable bonds is 1. The lowest BCUT2D eigenvalue weighted by Crippen LogP contribution is -2.95. The minimum absolute atomic E-state index is 0.350. The maximum atomic E-state index is 10.9. The lowest BCUT2D eigenvalue weighted by atomic mass is 10.1. The molecule has 80 valence electrons. The van der Waals surface area contributed by atoms with E-state index in [1.807, 2.05) is 24.3 Å². The van der Waals surface area contributed by atoms with Gasteiger partial charge >= 0.3 is 0 Å². The first-order chi connectivity index (χ1) is 7.83. The van der Waals surface area contributed by atoms with Crippen molar-refractivity contribution in [1.82, 2.24) is 0 Å². The molecule has 1 N–H and O–H groups in total. The fraction of sp³-hybridized carbons (Fsp3) is 0.100. The number of fused-ring (bicyclic) bond motifs is 1. The van der Waals surface area contributed by atoms with Crippen molar-refractivity contribution in [2.45, 2.75) is 6.42 Å². The zero-order valence-corrected chi connectivity index (χ0v) is 8.25. The Kier molecular flexibility index (Phi) is 2.02. The number of quaternary nitrogens is 1. The van der Waals surface area contributed by atoms with Crippen LogP contribution >= 0.6 is 0 Å². The van der Waals surface area contributed by atoms with Crippen molar-refractivity contribution in [2.75, 3.05) is 0 Å². The van der Waals surface area contributed by atoms with Crippen molar-refractivity contribution in [3.8, 4) is 5.75 Å². The zero-order chi connectivity index (χ0) is 11.0. The quantitative estimate of drug-likeness (QED) is 0.697. The molecule has 0 radical (unpaired) electrons. The molecule has 3 rings (SSSR count). The van der Waals surface area contributed by atoms with Crippen LogP contribution in [0.5, 0.6) is 5.75 Å². The van der Waals surface area contributed by atoms with E-state index in [1.165, 1.54) is 6.20 Å². The van der Waals surface area contributed by atoms with E-state index >= 15 is 0 Å². The van der Waals surface area contributed by atoms with Crippen molar-refractivity contribution >= 4 is 5.71 Å². The molecule has 0 aliphatic carbocycles. The number of benzene rings is 1. The Morgan fingerprint density at radius 1 is 1.31 bits per heavy atom. The lowest BCUT2D eigenvalue weighted by Gasteiger charge is -2.13. The number of hydrogen-bond acceptors (Lipinski definition) is 5. The molecule has 0 aromatic heterocycles. The maximum Gasteiger partial charge on any atom is 0.172 e. The maximum absolute atomic E-state index is 10.9. The summed E-state index contributed by atoms with van der Waals surface area (Å²) in [6, 6.07) is 7.63. The third-order valence-electron chi connectivity index (χ3n) is 2.40. The SMILES string of the molecule is [O-][NH+]1C=C(C2=NOc3ccccc3C2)N=N1. The second kappa shape index (κ2) is 3.51. The van der Waals surface area contributed by atoms with Crippen molar-refractivity contribution in [3.63, 3.8) is 0 Å². The second-order valence-corrected chi connectivity index (χ2v) is 3.48. The minimum Gasteiger partial charge on any atom is -0.600 e. The average Bonchev–Trinajstić information content (AvgIpc) is 2.75. The number of para-hydroxylation sites is 1. The van der Waals surface area contributed by atoms with E-state index in [0.717, 1.165) is 11.3 Å². The molecule has 0 saturated heterocycles. The van der Waals surface area contributed by atoms with Gasteiger partial charge in [0.2, 0.25) is 0 Å². The molecule has 6 heteroatoms. The average molecular weight is 216 g/mol. The van der Waals surface area contributed by atoms with Gasteiger partial charge in [0.15, 0.2) is 17.6 Å². The zero-order valence-electron chi connectivity index (χ0n) is 8.25. The molecule has 16 heavy (non-hydrogen) atoms. The topological polar surface area (TPSA) is 73.8 Å². The summed E-state index contributed by atoms with van der Waals surface area (Å²) in [5.74, 6) is 0.744. The summed E-state index contributed by atoms with van der Waals surface area (Å²) in [6.07, 6.45) is 1.96. The van der Waals surface area contributed by atoms with Gasteiger partial charge in [0, 0.05) is 17.2 Å². The Bertz CT molecular complexity index is 521. The van der Waals surface area contributed by atoms with Gasteiger partial charge in [-0.25, -0.2) is 0 Å². The Morgan fingerprint density at radius 2 is 2.19 bits per heavy atom. The van der Waals surface area contributed by atoms with Crippen LogP contribution in [0, 0.1) is 5.21 Å². The molecule has 1 aromatic rings. The summed E-state index contributed by atoms with van der Waals surface area (Å²) in [6.45, 7) is 0. The van der Waals surface area contributed by atoms with Gasteiger partial charge in [0.05, 0.1) is 0 Å². The van der Waals surface area contributed by atoms with Crippen LogP contribution in [-0.2, 0) is 6.42 Å². The minimum atomic E-state index is -0.350. The predicted octanol–water partition coefficient (Wildman–Crippen LogP) is 0.582. The first-order valence-corrected chi connectivity index (χ1v) is 4.82. The predicted molar refractivity (Wildman–Crippen MR) is 55.5 cm³/mol. The summed E-state index contributed by atoms with van der Waals surface area (Å²) in [5.41, 5.74) is 2.15. The van der Waals surface area contributed by atoms with E-state index in [4.69, 9.17) is 4.84 Å². The first-order valence-electron chi connectivity index (χ1n) is 4.82. The molecule has 1 unspecified atom stereocenters. The van der Waals surface area contributed by atoms with E-state index in [2.05, 4.69) is 15.5 Å². The van der Waals surface area contributed by atoms with Crippen LogP contribution < -0.4 is 10.0 Å². The number of nitrogens with one attached hydrogen (secondary N) is 1. The van der Waals surface area contributed by atoms with E-state index in [-0.39, 0.29) is 5.17 Å². The van der Waals surface area contributed by atoms with Crippen LogP contribution in [0.1, 0.15) is 5.56 Å². The molecule has 2 aliphatic rings. The molecule has 1 aromatic carbocycles. The monoisotopic (exact) mass is 216 g/mol. The van der Waals surface area contributed by atoms with Crippen LogP contribution in [0.3, 0.4) is 0 Å². The highest BCUT2D eigenvalue weighted by Gasteiger charge is 2.21. The van der Waals surface area contributed by atoms with E-state index in [1.54, 1.807) is 0 Å². The molecule has 0 amide bonds. The van der Waals surface area contributed by atoms with Gasteiger partial charge in [-0.2, -0.15) is 5.17 Å². The second-order valence-electron chi connectivity index (χ2n) is 3.48. The number of hydrogen-bond donors (Lipinski definition) is 1. The summed E-state index contributed by atoms with van der Waals surface area (Å²) < 4.78 is 0. The number of allylic oxidation sites excluding steroid dienone is 1. The van der Waals surface area contributed by atoms with Gasteiger partial charge in [0.1, 0.15) is 5.71 Å². The summed E-state index contributed by atoms with van der Waals surface area (Å²) in [4.78, 5) is 5.22. The molecular weight excluding hydrogens is 208 g/mol. The lowest BCUT2D eigenvalue weighted by molar-refractivity contribution is -0.799. The number of nitrogens with zero attached hydrogens (tertiary/aromatic N) is 3. The van der Waals surface area contributed by atoms with Gasteiger partial charge in [-0.3, -0.25) is 0 Å². The number of oxime groups is 1. The van der Waals surface area contributed by atoms with Crippen LogP contribution in [0.2, 0.25) is 0 Å². The van der Waals surface area contributed by atoms with E-state index in [0.29, 0.717) is 17.8 Å². The molecule has 0 saturated carbocycles. The van der Waals surface area contributed by atoms with Gasteiger partial charge in [-0.15, -0.1) is 0 Å². The molecule has 2 aliphatic heterocycles. The Morgan fingerprint density at radius 3 is 3.00 bits per heavy atom. The Balaban J connectivity index is 1.90. The van der Waals surface area contributed by atoms with Crippen LogP contribution in [0.4, 0.5) is 0 Å². The van der Waals surface area contributed by atoms with E-state index < -0.39 is 0 Å². The van der Waals surface area contributed by atoms with Crippen molar-refractivity contribution in [3.05, 3.63) is 46.9 Å². The molecule has 0 spiro atoms. The van der Waals surface area contributed by atoms with Gasteiger partial charge < -0.3 is 10.0 Å². The molecule has 0 fully saturated rings. The summed E-state index contributed by atoms with van der Waals surface area (Å²) in [7, 11) is 0. The molecule has 0 bridgehead atoms. The highest BCUT2D eigenvalue weighted by molar-refractivity contribution is 6.01. The van der Waals surface area contributed by atoms with Crippen LogP contribution in [0.25, 0.3) is 0 Å². The Hall–Kier alpha value is -2.05. The smallest absolute Gasteiger partial charge is 0.172 e. The summed E-state index contributed by atoms with van der Waals surface area (Å²) in [5, 5.41) is 21.6. The highest BCUT2D eigenvalue weighted by atomic mass is 16.6. The van der Waals surface area contributed by atoms with Crippen LogP contribution in [0.15, 0.2) is 51.7 Å². The summed E-state index contributed by atoms with van der Waals surface area (Å²) >= 11 is 0.